The number of benzene rings is 3. The van der Waals surface area contributed by atoms with E-state index < -0.39 is 0 Å². The summed E-state index contributed by atoms with van der Waals surface area (Å²) in [6.07, 6.45) is 0.841. The van der Waals surface area contributed by atoms with E-state index in [4.69, 9.17) is 14.2 Å². The minimum Gasteiger partial charge on any atom is -0.496 e. The molecule has 0 saturated heterocycles. The number of rotatable bonds is 6. The van der Waals surface area contributed by atoms with Crippen molar-refractivity contribution in [3.63, 3.8) is 0 Å². The van der Waals surface area contributed by atoms with Crippen molar-refractivity contribution in [2.24, 2.45) is 0 Å². The fourth-order valence-corrected chi connectivity index (χ4v) is 3.93. The van der Waals surface area contributed by atoms with Crippen LogP contribution < -0.4 is 14.2 Å². The van der Waals surface area contributed by atoms with E-state index in [1.165, 1.54) is 0 Å². The van der Waals surface area contributed by atoms with Gasteiger partial charge in [-0.05, 0) is 90.9 Å². The Kier molecular flexibility index (Phi) is 6.17. The first-order valence-corrected chi connectivity index (χ1v) is 9.87. The molecule has 1 radical (unpaired) electrons. The first-order chi connectivity index (χ1) is 13.9. The van der Waals surface area contributed by atoms with Crippen molar-refractivity contribution >= 4 is 0 Å². The second-order valence-electron chi connectivity index (χ2n) is 7.23. The lowest BCUT2D eigenvalue weighted by Crippen LogP contribution is -2.00. The minimum absolute atomic E-state index is 0.841. The molecule has 0 atom stereocenters. The van der Waals surface area contributed by atoms with Gasteiger partial charge in [0.15, 0.2) is 0 Å². The molecule has 3 aromatic carbocycles. The molecule has 0 amide bonds. The molecule has 3 heteroatoms. The van der Waals surface area contributed by atoms with Gasteiger partial charge in [0.2, 0.25) is 0 Å². The van der Waals surface area contributed by atoms with Gasteiger partial charge in [-0.1, -0.05) is 19.1 Å². The fraction of sp³-hybridized carbons (Fsp3) is 0.308. The molecule has 3 nitrogen and oxygen atoms in total. The summed E-state index contributed by atoms with van der Waals surface area (Å²) in [6.45, 7) is 8.40. The van der Waals surface area contributed by atoms with Crippen LogP contribution in [0.4, 0.5) is 0 Å². The summed E-state index contributed by atoms with van der Waals surface area (Å²) in [4.78, 5) is 0. The highest BCUT2D eigenvalue weighted by Crippen LogP contribution is 2.42. The molecule has 0 N–H and O–H groups in total. The number of aryl methyl sites for hydroxylation is 3. The highest BCUT2D eigenvalue weighted by Gasteiger charge is 2.19. The zero-order valence-corrected chi connectivity index (χ0v) is 18.4. The lowest BCUT2D eigenvalue weighted by Gasteiger charge is -2.20. The maximum Gasteiger partial charge on any atom is 0.130 e. The Morgan fingerprint density at radius 2 is 1.31 bits per heavy atom. The highest BCUT2D eigenvalue weighted by atomic mass is 16.5. The van der Waals surface area contributed by atoms with Gasteiger partial charge in [0, 0.05) is 11.1 Å². The predicted molar refractivity (Wildman–Crippen MR) is 119 cm³/mol. The summed E-state index contributed by atoms with van der Waals surface area (Å²) in [7, 11) is 5.13. The Balaban J connectivity index is 2.29. The van der Waals surface area contributed by atoms with Gasteiger partial charge in [-0.15, -0.1) is 0 Å². The van der Waals surface area contributed by atoms with Crippen LogP contribution in [-0.4, -0.2) is 21.3 Å². The number of hydrogen-bond donors (Lipinski definition) is 0. The van der Waals surface area contributed by atoms with E-state index in [2.05, 4.69) is 58.0 Å². The third-order valence-electron chi connectivity index (χ3n) is 5.45. The number of ether oxygens (including phenoxy) is 3. The zero-order valence-electron chi connectivity index (χ0n) is 18.4. The number of hydrogen-bond acceptors (Lipinski definition) is 3. The Morgan fingerprint density at radius 1 is 0.759 bits per heavy atom. The smallest absolute Gasteiger partial charge is 0.130 e. The molecule has 0 spiro atoms. The lowest BCUT2D eigenvalue weighted by molar-refractivity contribution is 0.410. The van der Waals surface area contributed by atoms with Gasteiger partial charge in [-0.3, -0.25) is 0 Å². The van der Waals surface area contributed by atoms with Crippen LogP contribution >= 0.6 is 0 Å². The Bertz CT molecular complexity index is 1030. The molecule has 0 aliphatic carbocycles. The molecule has 3 rings (SSSR count). The summed E-state index contributed by atoms with van der Waals surface area (Å²) in [5, 5.41) is 0. The molecule has 0 aromatic heterocycles. The topological polar surface area (TPSA) is 27.7 Å². The molecule has 0 unspecified atom stereocenters. The van der Waals surface area contributed by atoms with Gasteiger partial charge in [0.1, 0.15) is 17.2 Å². The van der Waals surface area contributed by atoms with Crippen molar-refractivity contribution < 1.29 is 14.2 Å². The summed E-state index contributed by atoms with van der Waals surface area (Å²) in [6, 6.07) is 16.2. The van der Waals surface area contributed by atoms with E-state index in [1.807, 2.05) is 12.1 Å². The van der Waals surface area contributed by atoms with Gasteiger partial charge in [-0.25, -0.2) is 0 Å². The van der Waals surface area contributed by atoms with E-state index in [9.17, 15) is 0 Å². The van der Waals surface area contributed by atoms with E-state index in [0.717, 1.165) is 68.2 Å². The van der Waals surface area contributed by atoms with Gasteiger partial charge in [0.05, 0.1) is 21.3 Å². The monoisotopic (exact) mass is 389 g/mol. The molecule has 0 saturated carbocycles. The molecular formula is C26H29O3. The van der Waals surface area contributed by atoms with Crippen molar-refractivity contribution in [3.8, 4) is 39.5 Å². The van der Waals surface area contributed by atoms with E-state index in [0.29, 0.717) is 0 Å². The summed E-state index contributed by atoms with van der Waals surface area (Å²) < 4.78 is 16.7. The van der Waals surface area contributed by atoms with Crippen LogP contribution in [-0.2, 0) is 6.42 Å². The second-order valence-corrected chi connectivity index (χ2v) is 7.23. The van der Waals surface area contributed by atoms with E-state index in [1.54, 1.807) is 21.3 Å². The largest absolute Gasteiger partial charge is 0.496 e. The molecular weight excluding hydrogens is 360 g/mol. The predicted octanol–water partition coefficient (Wildman–Crippen LogP) is 6.33. The Morgan fingerprint density at radius 3 is 1.79 bits per heavy atom. The van der Waals surface area contributed by atoms with Crippen molar-refractivity contribution in [1.82, 2.24) is 0 Å². The third kappa shape index (κ3) is 3.82. The van der Waals surface area contributed by atoms with E-state index in [-0.39, 0.29) is 0 Å². The second kappa shape index (κ2) is 8.60. The van der Waals surface area contributed by atoms with Crippen molar-refractivity contribution in [3.05, 3.63) is 64.7 Å². The van der Waals surface area contributed by atoms with E-state index >= 15 is 0 Å². The fourth-order valence-electron chi connectivity index (χ4n) is 3.93. The van der Waals surface area contributed by atoms with Crippen molar-refractivity contribution in [2.75, 3.05) is 21.3 Å². The van der Waals surface area contributed by atoms with Gasteiger partial charge >= 0.3 is 0 Å². The average molecular weight is 390 g/mol. The third-order valence-corrected chi connectivity index (χ3v) is 5.45. The van der Waals surface area contributed by atoms with Crippen LogP contribution in [0.5, 0.6) is 17.2 Å². The molecule has 3 aromatic rings. The SMILES string of the molecule is CCc1[c]c(-c2ccc(OC)c(C)c2)c(C)c(-c2ccc(OC)c(C)c2)c1OC. The summed E-state index contributed by atoms with van der Waals surface area (Å²) >= 11 is 0. The molecule has 29 heavy (non-hydrogen) atoms. The Hall–Kier alpha value is -2.94. The normalized spacial score (nSPS) is 10.7. The van der Waals surface area contributed by atoms with Crippen molar-refractivity contribution in [1.29, 1.82) is 0 Å². The molecule has 0 bridgehead atoms. The first kappa shape index (κ1) is 20.8. The molecule has 0 aliphatic rings. The van der Waals surface area contributed by atoms with Gasteiger partial charge < -0.3 is 14.2 Å². The Labute approximate surface area is 174 Å². The average Bonchev–Trinajstić information content (AvgIpc) is 2.73. The maximum absolute atomic E-state index is 5.87. The highest BCUT2D eigenvalue weighted by molar-refractivity contribution is 5.84. The van der Waals surface area contributed by atoms with Gasteiger partial charge in [-0.2, -0.15) is 0 Å². The minimum atomic E-state index is 0.841. The van der Waals surface area contributed by atoms with Crippen LogP contribution in [0.3, 0.4) is 0 Å². The van der Waals surface area contributed by atoms with Crippen molar-refractivity contribution in [2.45, 2.75) is 34.1 Å². The zero-order chi connectivity index (χ0) is 21.1. The lowest BCUT2D eigenvalue weighted by atomic mass is 9.87. The van der Waals surface area contributed by atoms with Crippen LogP contribution in [0.15, 0.2) is 36.4 Å². The molecule has 0 aliphatic heterocycles. The molecule has 0 heterocycles. The molecule has 151 valence electrons. The van der Waals surface area contributed by atoms with Crippen LogP contribution in [0.2, 0.25) is 0 Å². The first-order valence-electron chi connectivity index (χ1n) is 9.87. The maximum atomic E-state index is 5.87. The van der Waals surface area contributed by atoms with Gasteiger partial charge in [0.25, 0.3) is 0 Å². The van der Waals surface area contributed by atoms with Crippen LogP contribution in [0.1, 0.15) is 29.2 Å². The van der Waals surface area contributed by atoms with Crippen LogP contribution in [0.25, 0.3) is 22.3 Å². The molecule has 0 fully saturated rings. The summed E-state index contributed by atoms with van der Waals surface area (Å²) in [5.41, 5.74) is 8.87. The summed E-state index contributed by atoms with van der Waals surface area (Å²) in [5.74, 6) is 2.67. The standard InChI is InChI=1S/C26H29O3/c1-8-19-15-22(20-9-11-23(27-5)16(2)13-20)18(4)25(26(19)29-7)21-10-12-24(28-6)17(3)14-21/h9-14H,8H2,1-7H3. The number of methoxy groups -OCH3 is 3. The quantitative estimate of drug-likeness (QED) is 0.493. The van der Waals surface area contributed by atoms with Crippen LogP contribution in [0, 0.1) is 26.8 Å².